The predicted molar refractivity (Wildman–Crippen MR) is 159 cm³/mol. The fourth-order valence-corrected chi connectivity index (χ4v) is 5.60. The number of imidazole rings is 1. The highest BCUT2D eigenvalue weighted by Crippen LogP contribution is 2.35. The second-order valence-electron chi connectivity index (χ2n) is 10.8. The van der Waals surface area contributed by atoms with Gasteiger partial charge in [0.2, 0.25) is 5.91 Å². The molecule has 1 heterocycles. The van der Waals surface area contributed by atoms with Gasteiger partial charge in [-0.05, 0) is 82.6 Å². The SMILES string of the molecule is COc1cc(NC(=O)C2CCC(n3c(=O)n(-c4ccccc4OCCN(C)C)c4ccccc43)CC2)ccc1C. The third kappa shape index (κ3) is 5.63. The Bertz CT molecular complexity index is 1550. The van der Waals surface area contributed by atoms with Gasteiger partial charge in [0.25, 0.3) is 0 Å². The van der Waals surface area contributed by atoms with Crippen LogP contribution in [-0.4, -0.2) is 54.3 Å². The Labute approximate surface area is 235 Å². The average Bonchev–Trinajstić information content (AvgIpc) is 3.25. The number of para-hydroxylation sites is 4. The quantitative estimate of drug-likeness (QED) is 0.306. The van der Waals surface area contributed by atoms with Crippen molar-refractivity contribution in [1.29, 1.82) is 0 Å². The number of methoxy groups -OCH3 is 1. The molecule has 1 fully saturated rings. The maximum absolute atomic E-state index is 14.0. The lowest BCUT2D eigenvalue weighted by molar-refractivity contribution is -0.121. The number of aromatic nitrogens is 2. The normalized spacial score (nSPS) is 17.2. The molecule has 0 bridgehead atoms. The minimum atomic E-state index is -0.0987. The highest BCUT2D eigenvalue weighted by atomic mass is 16.5. The molecule has 0 aliphatic heterocycles. The largest absolute Gasteiger partial charge is 0.496 e. The molecule has 1 N–H and O–H groups in total. The summed E-state index contributed by atoms with van der Waals surface area (Å²) < 4.78 is 15.2. The second kappa shape index (κ2) is 12.0. The van der Waals surface area contributed by atoms with Gasteiger partial charge in [-0.15, -0.1) is 0 Å². The van der Waals surface area contributed by atoms with E-state index >= 15 is 0 Å². The van der Waals surface area contributed by atoms with Crippen molar-refractivity contribution in [2.75, 3.05) is 39.7 Å². The van der Waals surface area contributed by atoms with Crippen LogP contribution in [0.3, 0.4) is 0 Å². The molecule has 4 aromatic rings. The van der Waals surface area contributed by atoms with Crippen LogP contribution in [-0.2, 0) is 4.79 Å². The number of benzene rings is 3. The Balaban J connectivity index is 1.37. The summed E-state index contributed by atoms with van der Waals surface area (Å²) in [7, 11) is 5.64. The average molecular weight is 543 g/mol. The molecule has 3 aromatic carbocycles. The first kappa shape index (κ1) is 27.5. The van der Waals surface area contributed by atoms with Crippen molar-refractivity contribution in [3.8, 4) is 17.2 Å². The topological polar surface area (TPSA) is 77.7 Å². The van der Waals surface area contributed by atoms with E-state index in [-0.39, 0.29) is 23.6 Å². The molecule has 1 amide bonds. The molecule has 1 aromatic heterocycles. The number of carbonyl (C=O) groups excluding carboxylic acids is 1. The van der Waals surface area contributed by atoms with Crippen molar-refractivity contribution in [1.82, 2.24) is 14.0 Å². The fraction of sp³-hybridized carbons (Fsp3) is 0.375. The zero-order chi connectivity index (χ0) is 28.2. The number of aryl methyl sites for hydroxylation is 1. The standard InChI is InChI=1S/C32H38N4O4/c1-22-13-16-24(21-30(22)39-4)33-31(37)23-14-17-25(18-15-23)35-26-9-5-6-10-27(26)36(32(35)38)28-11-7-8-12-29(28)40-20-19-34(2)3/h5-13,16,21,23,25H,14-15,17-20H2,1-4H3,(H,33,37). The van der Waals surface area contributed by atoms with E-state index < -0.39 is 0 Å². The Hall–Kier alpha value is -4.04. The molecule has 5 rings (SSSR count). The molecular formula is C32H38N4O4. The first-order chi connectivity index (χ1) is 19.4. The van der Waals surface area contributed by atoms with Gasteiger partial charge in [0, 0.05) is 30.3 Å². The van der Waals surface area contributed by atoms with Gasteiger partial charge in [-0.25, -0.2) is 4.79 Å². The maximum Gasteiger partial charge on any atom is 0.334 e. The van der Waals surface area contributed by atoms with Gasteiger partial charge in [0.15, 0.2) is 0 Å². The first-order valence-electron chi connectivity index (χ1n) is 13.9. The predicted octanol–water partition coefficient (Wildman–Crippen LogP) is 5.42. The van der Waals surface area contributed by atoms with Crippen LogP contribution in [0, 0.1) is 12.8 Å². The van der Waals surface area contributed by atoms with E-state index in [1.165, 1.54) is 0 Å². The molecule has 0 radical (unpaired) electrons. The molecule has 1 aliphatic rings. The summed E-state index contributed by atoms with van der Waals surface area (Å²) >= 11 is 0. The molecule has 0 saturated heterocycles. The summed E-state index contributed by atoms with van der Waals surface area (Å²) in [6, 6.07) is 21.3. The molecule has 0 spiro atoms. The number of nitrogens with one attached hydrogen (secondary N) is 1. The van der Waals surface area contributed by atoms with Crippen LogP contribution in [0.4, 0.5) is 5.69 Å². The van der Waals surface area contributed by atoms with Crippen LogP contribution < -0.4 is 20.5 Å². The summed E-state index contributed by atoms with van der Waals surface area (Å²) in [4.78, 5) is 29.2. The molecule has 0 atom stereocenters. The van der Waals surface area contributed by atoms with Gasteiger partial charge in [-0.2, -0.15) is 0 Å². The number of ether oxygens (including phenoxy) is 2. The molecule has 1 saturated carbocycles. The minimum Gasteiger partial charge on any atom is -0.496 e. The first-order valence-corrected chi connectivity index (χ1v) is 13.9. The number of carbonyl (C=O) groups is 1. The smallest absolute Gasteiger partial charge is 0.334 e. The highest BCUT2D eigenvalue weighted by molar-refractivity contribution is 5.92. The fourth-order valence-electron chi connectivity index (χ4n) is 5.60. The van der Waals surface area contributed by atoms with E-state index in [4.69, 9.17) is 9.47 Å². The van der Waals surface area contributed by atoms with Crippen LogP contribution >= 0.6 is 0 Å². The van der Waals surface area contributed by atoms with E-state index in [9.17, 15) is 9.59 Å². The second-order valence-corrected chi connectivity index (χ2v) is 10.8. The van der Waals surface area contributed by atoms with E-state index in [1.807, 2.05) is 92.3 Å². The number of nitrogens with zero attached hydrogens (tertiary/aromatic N) is 3. The summed E-state index contributed by atoms with van der Waals surface area (Å²) in [6.45, 7) is 3.28. The molecule has 8 nitrogen and oxygen atoms in total. The van der Waals surface area contributed by atoms with Crippen LogP contribution in [0.5, 0.6) is 11.5 Å². The maximum atomic E-state index is 14.0. The molecule has 40 heavy (non-hydrogen) atoms. The van der Waals surface area contributed by atoms with E-state index in [0.717, 1.165) is 65.9 Å². The summed E-state index contributed by atoms with van der Waals surface area (Å²) in [6.07, 6.45) is 2.94. The molecule has 210 valence electrons. The third-order valence-electron chi connectivity index (χ3n) is 7.79. The van der Waals surface area contributed by atoms with E-state index in [2.05, 4.69) is 10.2 Å². The van der Waals surface area contributed by atoms with Crippen molar-refractivity contribution >= 4 is 22.6 Å². The van der Waals surface area contributed by atoms with Crippen molar-refractivity contribution in [3.63, 3.8) is 0 Å². The lowest BCUT2D eigenvalue weighted by Crippen LogP contribution is -2.32. The van der Waals surface area contributed by atoms with Crippen molar-refractivity contribution in [2.45, 2.75) is 38.6 Å². The summed E-state index contributed by atoms with van der Waals surface area (Å²) in [5.74, 6) is 1.35. The third-order valence-corrected chi connectivity index (χ3v) is 7.79. The Morgan fingerprint density at radius 2 is 1.65 bits per heavy atom. The lowest BCUT2D eigenvalue weighted by Gasteiger charge is -2.28. The van der Waals surface area contributed by atoms with Gasteiger partial charge in [0.1, 0.15) is 18.1 Å². The highest BCUT2D eigenvalue weighted by Gasteiger charge is 2.30. The van der Waals surface area contributed by atoms with Crippen molar-refractivity contribution in [3.05, 3.63) is 82.8 Å². The van der Waals surface area contributed by atoms with Crippen molar-refractivity contribution in [2.24, 2.45) is 5.92 Å². The van der Waals surface area contributed by atoms with Gasteiger partial charge >= 0.3 is 5.69 Å². The number of hydrogen-bond acceptors (Lipinski definition) is 5. The monoisotopic (exact) mass is 542 g/mol. The van der Waals surface area contributed by atoms with E-state index in [0.29, 0.717) is 12.4 Å². The number of hydrogen-bond donors (Lipinski definition) is 1. The number of fused-ring (bicyclic) bond motifs is 1. The zero-order valence-corrected chi connectivity index (χ0v) is 23.7. The van der Waals surface area contributed by atoms with Crippen LogP contribution in [0.25, 0.3) is 16.7 Å². The Kier molecular flexibility index (Phi) is 8.26. The molecular weight excluding hydrogens is 504 g/mol. The number of likely N-dealkylation sites (N-methyl/N-ethyl adjacent to an activating group) is 1. The minimum absolute atomic E-state index is 0.0166. The van der Waals surface area contributed by atoms with Gasteiger partial charge in [0.05, 0.1) is 23.8 Å². The Morgan fingerprint density at radius 1 is 0.950 bits per heavy atom. The summed E-state index contributed by atoms with van der Waals surface area (Å²) in [5, 5.41) is 3.06. The van der Waals surface area contributed by atoms with Crippen LogP contribution in [0.2, 0.25) is 0 Å². The van der Waals surface area contributed by atoms with Gasteiger partial charge < -0.3 is 19.7 Å². The van der Waals surface area contributed by atoms with Crippen molar-refractivity contribution < 1.29 is 14.3 Å². The Morgan fingerprint density at radius 3 is 2.38 bits per heavy atom. The number of amides is 1. The lowest BCUT2D eigenvalue weighted by atomic mass is 9.85. The van der Waals surface area contributed by atoms with Gasteiger partial charge in [-0.3, -0.25) is 13.9 Å². The molecule has 0 unspecified atom stereocenters. The van der Waals surface area contributed by atoms with Gasteiger partial charge in [-0.1, -0.05) is 30.3 Å². The summed E-state index contributed by atoms with van der Waals surface area (Å²) in [5.41, 5.74) is 4.17. The number of anilines is 1. The zero-order valence-electron chi connectivity index (χ0n) is 23.7. The number of rotatable bonds is 9. The van der Waals surface area contributed by atoms with Crippen LogP contribution in [0.1, 0.15) is 37.3 Å². The molecule has 8 heteroatoms. The van der Waals surface area contributed by atoms with Crippen LogP contribution in [0.15, 0.2) is 71.5 Å². The van der Waals surface area contributed by atoms with E-state index in [1.54, 1.807) is 11.7 Å². The molecule has 1 aliphatic carbocycles.